The van der Waals surface area contributed by atoms with Gasteiger partial charge in [0.25, 0.3) is 5.91 Å². The lowest BCUT2D eigenvalue weighted by molar-refractivity contribution is -0.144. The molecule has 3 amide bonds. The van der Waals surface area contributed by atoms with Gasteiger partial charge in [0.2, 0.25) is 11.8 Å². The van der Waals surface area contributed by atoms with E-state index in [1.807, 2.05) is 38.1 Å². The Bertz CT molecular complexity index is 1010. The van der Waals surface area contributed by atoms with Crippen LogP contribution in [0.15, 0.2) is 42.5 Å². The molecule has 0 saturated carbocycles. The standard InChI is InChI=1S/C25H30FN3O3/c1-4-16(2)25(32)29-15-20-8-6-5-7-18(20)14-22(29)24(31)28-12-11-27-23(30)19-10-9-17(3)21(26)13-19/h5-10,13,16,22H,4,11-12,14-15H2,1-3H3,(H,27,30)(H,28,31)/t16-,22-/m1/s1. The number of hydrogen-bond donors (Lipinski definition) is 2. The van der Waals surface area contributed by atoms with Gasteiger partial charge in [-0.1, -0.05) is 44.2 Å². The van der Waals surface area contributed by atoms with Crippen molar-refractivity contribution in [2.75, 3.05) is 13.1 Å². The summed E-state index contributed by atoms with van der Waals surface area (Å²) in [6, 6.07) is 11.6. The second-order valence-electron chi connectivity index (χ2n) is 8.27. The first kappa shape index (κ1) is 23.4. The number of carbonyl (C=O) groups excluding carboxylic acids is 3. The Morgan fingerprint density at radius 3 is 2.47 bits per heavy atom. The van der Waals surface area contributed by atoms with Crippen molar-refractivity contribution in [3.05, 3.63) is 70.5 Å². The number of amides is 3. The van der Waals surface area contributed by atoms with Crippen LogP contribution in [-0.4, -0.2) is 41.8 Å². The number of nitrogens with one attached hydrogen (secondary N) is 2. The van der Waals surface area contributed by atoms with E-state index >= 15 is 0 Å². The van der Waals surface area contributed by atoms with E-state index in [1.54, 1.807) is 24.0 Å². The Balaban J connectivity index is 1.60. The monoisotopic (exact) mass is 439 g/mol. The minimum absolute atomic E-state index is 0.0307. The number of carbonyl (C=O) groups is 3. The van der Waals surface area contributed by atoms with E-state index in [9.17, 15) is 18.8 Å². The van der Waals surface area contributed by atoms with Crippen molar-refractivity contribution in [2.24, 2.45) is 5.92 Å². The fourth-order valence-electron chi connectivity index (χ4n) is 3.76. The lowest BCUT2D eigenvalue weighted by Crippen LogP contribution is -2.54. The number of rotatable bonds is 7. The van der Waals surface area contributed by atoms with Gasteiger partial charge in [0, 0.05) is 37.5 Å². The summed E-state index contributed by atoms with van der Waals surface area (Å²) in [6.45, 7) is 6.28. The first-order valence-electron chi connectivity index (χ1n) is 11.0. The van der Waals surface area contributed by atoms with Crippen molar-refractivity contribution in [2.45, 2.75) is 46.2 Å². The van der Waals surface area contributed by atoms with E-state index in [4.69, 9.17) is 0 Å². The maximum atomic E-state index is 13.7. The summed E-state index contributed by atoms with van der Waals surface area (Å²) in [6.07, 6.45) is 1.16. The first-order chi connectivity index (χ1) is 15.3. The molecule has 170 valence electrons. The van der Waals surface area contributed by atoms with Crippen LogP contribution < -0.4 is 10.6 Å². The second kappa shape index (κ2) is 10.4. The van der Waals surface area contributed by atoms with Crippen LogP contribution in [0.2, 0.25) is 0 Å². The molecule has 1 aliphatic heterocycles. The minimum Gasteiger partial charge on any atom is -0.353 e. The van der Waals surface area contributed by atoms with E-state index in [2.05, 4.69) is 10.6 Å². The van der Waals surface area contributed by atoms with Crippen molar-refractivity contribution in [1.29, 1.82) is 0 Å². The quantitative estimate of drug-likeness (QED) is 0.651. The highest BCUT2D eigenvalue weighted by Crippen LogP contribution is 2.25. The lowest BCUT2D eigenvalue weighted by Gasteiger charge is -2.37. The molecule has 2 atom stereocenters. The van der Waals surface area contributed by atoms with Crippen molar-refractivity contribution in [3.8, 4) is 0 Å². The van der Waals surface area contributed by atoms with Crippen molar-refractivity contribution < 1.29 is 18.8 Å². The van der Waals surface area contributed by atoms with Gasteiger partial charge in [-0.15, -0.1) is 0 Å². The molecule has 0 aliphatic carbocycles. The zero-order valence-electron chi connectivity index (χ0n) is 18.8. The maximum Gasteiger partial charge on any atom is 0.251 e. The molecule has 0 saturated heterocycles. The van der Waals surface area contributed by atoms with Crippen LogP contribution in [0.5, 0.6) is 0 Å². The van der Waals surface area contributed by atoms with Crippen LogP contribution in [0.1, 0.15) is 47.3 Å². The summed E-state index contributed by atoms with van der Waals surface area (Å²) in [5.41, 5.74) is 2.83. The SMILES string of the molecule is CC[C@@H](C)C(=O)N1Cc2ccccc2C[C@@H]1C(=O)NCCNC(=O)c1ccc(C)c(F)c1. The molecule has 1 aliphatic rings. The van der Waals surface area contributed by atoms with Gasteiger partial charge < -0.3 is 15.5 Å². The Morgan fingerprint density at radius 1 is 1.09 bits per heavy atom. The maximum absolute atomic E-state index is 13.7. The van der Waals surface area contributed by atoms with Gasteiger partial charge in [-0.05, 0) is 42.2 Å². The molecule has 0 bridgehead atoms. The fraction of sp³-hybridized carbons (Fsp3) is 0.400. The summed E-state index contributed by atoms with van der Waals surface area (Å²) in [7, 11) is 0. The zero-order chi connectivity index (χ0) is 23.3. The Hall–Kier alpha value is -3.22. The van der Waals surface area contributed by atoms with Crippen LogP contribution in [-0.2, 0) is 22.6 Å². The third-order valence-electron chi connectivity index (χ3n) is 6.01. The summed E-state index contributed by atoms with van der Waals surface area (Å²) in [5.74, 6) is -1.28. The first-order valence-corrected chi connectivity index (χ1v) is 11.0. The summed E-state index contributed by atoms with van der Waals surface area (Å²) < 4.78 is 13.7. The summed E-state index contributed by atoms with van der Waals surface area (Å²) in [4.78, 5) is 39.8. The molecule has 0 radical (unpaired) electrons. The van der Waals surface area contributed by atoms with Crippen LogP contribution >= 0.6 is 0 Å². The highest BCUT2D eigenvalue weighted by Gasteiger charge is 2.35. The Labute approximate surface area is 188 Å². The molecule has 6 nitrogen and oxygen atoms in total. The number of hydrogen-bond acceptors (Lipinski definition) is 3. The van der Waals surface area contributed by atoms with E-state index in [0.717, 1.165) is 11.1 Å². The zero-order valence-corrected chi connectivity index (χ0v) is 18.8. The molecule has 0 fully saturated rings. The van der Waals surface area contributed by atoms with Gasteiger partial charge in [-0.25, -0.2) is 4.39 Å². The van der Waals surface area contributed by atoms with E-state index in [1.165, 1.54) is 6.07 Å². The average molecular weight is 440 g/mol. The van der Waals surface area contributed by atoms with E-state index in [-0.39, 0.29) is 36.4 Å². The molecule has 32 heavy (non-hydrogen) atoms. The van der Waals surface area contributed by atoms with Crippen LogP contribution in [0.25, 0.3) is 0 Å². The predicted molar refractivity (Wildman–Crippen MR) is 120 cm³/mol. The molecule has 2 aromatic rings. The molecule has 2 aromatic carbocycles. The molecule has 2 N–H and O–H groups in total. The predicted octanol–water partition coefficient (Wildman–Crippen LogP) is 2.98. The Kier molecular flexibility index (Phi) is 7.62. The molecular weight excluding hydrogens is 409 g/mol. The van der Waals surface area contributed by atoms with E-state index in [0.29, 0.717) is 24.9 Å². The van der Waals surface area contributed by atoms with Crippen LogP contribution in [0.4, 0.5) is 4.39 Å². The van der Waals surface area contributed by atoms with Crippen LogP contribution in [0, 0.1) is 18.7 Å². The highest BCUT2D eigenvalue weighted by molar-refractivity contribution is 5.94. The van der Waals surface area contributed by atoms with Gasteiger partial charge >= 0.3 is 0 Å². The summed E-state index contributed by atoms with van der Waals surface area (Å²) >= 11 is 0. The Morgan fingerprint density at radius 2 is 1.78 bits per heavy atom. The van der Waals surface area contributed by atoms with Crippen molar-refractivity contribution in [1.82, 2.24) is 15.5 Å². The van der Waals surface area contributed by atoms with Gasteiger partial charge in [0.05, 0.1) is 0 Å². The van der Waals surface area contributed by atoms with Gasteiger partial charge in [0.1, 0.15) is 11.9 Å². The van der Waals surface area contributed by atoms with Gasteiger partial charge in [-0.3, -0.25) is 14.4 Å². The number of aryl methyl sites for hydroxylation is 1. The molecule has 3 rings (SSSR count). The van der Waals surface area contributed by atoms with E-state index < -0.39 is 17.8 Å². The molecule has 7 heteroatoms. The minimum atomic E-state index is -0.590. The van der Waals surface area contributed by atoms with Crippen molar-refractivity contribution in [3.63, 3.8) is 0 Å². The average Bonchev–Trinajstić information content (AvgIpc) is 2.81. The molecule has 1 heterocycles. The number of halogens is 1. The number of nitrogens with zero attached hydrogens (tertiary/aromatic N) is 1. The number of fused-ring (bicyclic) bond motifs is 1. The van der Waals surface area contributed by atoms with Gasteiger partial charge in [0.15, 0.2) is 0 Å². The normalized spacial score (nSPS) is 16.1. The largest absolute Gasteiger partial charge is 0.353 e. The molecule has 0 unspecified atom stereocenters. The number of benzene rings is 2. The molecule has 0 spiro atoms. The summed E-state index contributed by atoms with van der Waals surface area (Å²) in [5, 5.41) is 5.51. The molecular formula is C25H30FN3O3. The third-order valence-corrected chi connectivity index (χ3v) is 6.01. The second-order valence-corrected chi connectivity index (χ2v) is 8.27. The third kappa shape index (κ3) is 5.33. The smallest absolute Gasteiger partial charge is 0.251 e. The fourth-order valence-corrected chi connectivity index (χ4v) is 3.76. The lowest BCUT2D eigenvalue weighted by atomic mass is 9.92. The molecule has 0 aromatic heterocycles. The topological polar surface area (TPSA) is 78.5 Å². The van der Waals surface area contributed by atoms with Crippen LogP contribution in [0.3, 0.4) is 0 Å². The van der Waals surface area contributed by atoms with Gasteiger partial charge in [-0.2, -0.15) is 0 Å². The van der Waals surface area contributed by atoms with Crippen molar-refractivity contribution >= 4 is 17.7 Å². The highest BCUT2D eigenvalue weighted by atomic mass is 19.1.